The fourth-order valence-electron chi connectivity index (χ4n) is 3.79. The van der Waals surface area contributed by atoms with Gasteiger partial charge in [0.2, 0.25) is 5.91 Å². The maximum atomic E-state index is 13.2. The normalized spacial score (nSPS) is 14.8. The van der Waals surface area contributed by atoms with Crippen LogP contribution in [0.25, 0.3) is 0 Å². The molecular formula is C27H34N4O5S. The second-order valence-electron chi connectivity index (χ2n) is 9.07. The quantitative estimate of drug-likeness (QED) is 0.463. The Morgan fingerprint density at radius 3 is 2.05 bits per heavy atom. The number of ether oxygens (including phenoxy) is 1. The Balaban J connectivity index is 1.65. The molecule has 2 aromatic rings. The van der Waals surface area contributed by atoms with Crippen molar-refractivity contribution in [1.29, 1.82) is 0 Å². The van der Waals surface area contributed by atoms with E-state index in [0.717, 1.165) is 22.6 Å². The molecule has 3 N–H and O–H groups in total. The van der Waals surface area contributed by atoms with Crippen LogP contribution in [0.1, 0.15) is 25.0 Å². The van der Waals surface area contributed by atoms with Gasteiger partial charge in [0.25, 0.3) is 5.91 Å². The summed E-state index contributed by atoms with van der Waals surface area (Å²) in [5.74, 6) is 0.207. The number of imide groups is 1. The number of thioether (sulfide) groups is 1. The molecule has 3 rings (SSSR count). The Morgan fingerprint density at radius 2 is 1.46 bits per heavy atom. The summed E-state index contributed by atoms with van der Waals surface area (Å²) < 4.78 is 5.27. The molecular weight excluding hydrogens is 492 g/mol. The molecule has 198 valence electrons. The zero-order valence-corrected chi connectivity index (χ0v) is 22.0. The molecule has 1 aliphatic heterocycles. The van der Waals surface area contributed by atoms with E-state index in [1.54, 1.807) is 30.5 Å². The highest BCUT2D eigenvalue weighted by atomic mass is 32.2. The third kappa shape index (κ3) is 9.13. The van der Waals surface area contributed by atoms with Crippen LogP contribution in [-0.4, -0.2) is 65.5 Å². The van der Waals surface area contributed by atoms with E-state index in [1.165, 1.54) is 0 Å². The van der Waals surface area contributed by atoms with Gasteiger partial charge in [-0.15, -0.1) is 0 Å². The number of carbonyl (C=O) groups excluding carboxylic acids is 4. The van der Waals surface area contributed by atoms with Crippen LogP contribution in [0.3, 0.4) is 0 Å². The predicted molar refractivity (Wildman–Crippen MR) is 143 cm³/mol. The number of benzene rings is 2. The van der Waals surface area contributed by atoms with Crippen molar-refractivity contribution in [1.82, 2.24) is 20.9 Å². The van der Waals surface area contributed by atoms with Crippen LogP contribution >= 0.6 is 11.8 Å². The lowest BCUT2D eigenvalue weighted by molar-refractivity contribution is -0.130. The van der Waals surface area contributed by atoms with Crippen molar-refractivity contribution in [2.75, 3.05) is 24.6 Å². The van der Waals surface area contributed by atoms with E-state index >= 15 is 0 Å². The second kappa shape index (κ2) is 14.3. The van der Waals surface area contributed by atoms with E-state index in [1.807, 2.05) is 60.7 Å². The summed E-state index contributed by atoms with van der Waals surface area (Å²) in [6.07, 6.45) is -0.551. The number of amides is 5. The van der Waals surface area contributed by atoms with Crippen LogP contribution in [0.2, 0.25) is 0 Å². The molecule has 0 radical (unpaired) electrons. The van der Waals surface area contributed by atoms with Crippen LogP contribution < -0.4 is 16.0 Å². The lowest BCUT2D eigenvalue weighted by Gasteiger charge is -2.28. The van der Waals surface area contributed by atoms with Gasteiger partial charge in [0, 0.05) is 31.0 Å². The number of hydrogen-bond donors (Lipinski definition) is 3. The van der Waals surface area contributed by atoms with Gasteiger partial charge in [0.15, 0.2) is 0 Å². The van der Waals surface area contributed by atoms with Gasteiger partial charge < -0.3 is 20.3 Å². The van der Waals surface area contributed by atoms with Gasteiger partial charge in [-0.05, 0) is 17.0 Å². The Labute approximate surface area is 221 Å². The highest BCUT2D eigenvalue weighted by molar-refractivity contribution is 7.99. The fourth-order valence-corrected chi connectivity index (χ4v) is 4.69. The zero-order valence-electron chi connectivity index (χ0n) is 21.1. The first-order chi connectivity index (χ1) is 17.8. The van der Waals surface area contributed by atoms with Gasteiger partial charge >= 0.3 is 12.1 Å². The van der Waals surface area contributed by atoms with Gasteiger partial charge in [-0.2, -0.15) is 11.8 Å². The second-order valence-corrected chi connectivity index (χ2v) is 10.3. The van der Waals surface area contributed by atoms with E-state index in [-0.39, 0.29) is 18.9 Å². The molecule has 0 spiro atoms. The molecule has 1 saturated heterocycles. The number of alkyl carbamates (subject to hydrolysis) is 1. The molecule has 0 bridgehead atoms. The SMILES string of the molecule is CC(C)[C@H](NC(=O)OCc1ccccc1)C(=O)N[C@@H](Cc1ccccc1)C(=O)NC(=O)N1CCSCC1. The monoisotopic (exact) mass is 526 g/mol. The van der Waals surface area contributed by atoms with Crippen molar-refractivity contribution in [3.8, 4) is 0 Å². The van der Waals surface area contributed by atoms with E-state index in [9.17, 15) is 19.2 Å². The van der Waals surface area contributed by atoms with E-state index < -0.39 is 36.0 Å². The molecule has 5 amide bonds. The van der Waals surface area contributed by atoms with E-state index in [4.69, 9.17) is 4.74 Å². The maximum absolute atomic E-state index is 13.2. The molecule has 0 saturated carbocycles. The Morgan fingerprint density at radius 1 is 0.865 bits per heavy atom. The number of nitrogens with one attached hydrogen (secondary N) is 3. The van der Waals surface area contributed by atoms with Crippen LogP contribution in [0.15, 0.2) is 60.7 Å². The van der Waals surface area contributed by atoms with Gasteiger partial charge in [-0.25, -0.2) is 9.59 Å². The molecule has 2 atom stereocenters. The third-order valence-corrected chi connectivity index (χ3v) is 6.82. The van der Waals surface area contributed by atoms with Crippen LogP contribution in [-0.2, 0) is 27.4 Å². The number of urea groups is 1. The minimum Gasteiger partial charge on any atom is -0.445 e. The smallest absolute Gasteiger partial charge is 0.408 e. The lowest BCUT2D eigenvalue weighted by Crippen LogP contribution is -2.57. The summed E-state index contributed by atoms with van der Waals surface area (Å²) in [6.45, 7) is 4.75. The molecule has 9 nitrogen and oxygen atoms in total. The van der Waals surface area contributed by atoms with Crippen molar-refractivity contribution in [3.05, 3.63) is 71.8 Å². The van der Waals surface area contributed by atoms with Crippen molar-refractivity contribution < 1.29 is 23.9 Å². The summed E-state index contributed by atoms with van der Waals surface area (Å²) in [5, 5.41) is 7.78. The van der Waals surface area contributed by atoms with Crippen LogP contribution in [0.4, 0.5) is 9.59 Å². The minimum atomic E-state index is -1.01. The number of carbonyl (C=O) groups is 4. The average Bonchev–Trinajstić information content (AvgIpc) is 2.91. The Kier molecular flexibility index (Phi) is 10.8. The van der Waals surface area contributed by atoms with Gasteiger partial charge in [0.05, 0.1) is 0 Å². The number of hydrogen-bond acceptors (Lipinski definition) is 6. The Hall–Kier alpha value is -3.53. The maximum Gasteiger partial charge on any atom is 0.408 e. The summed E-state index contributed by atoms with van der Waals surface area (Å²) in [6, 6.07) is 16.0. The highest BCUT2D eigenvalue weighted by Gasteiger charge is 2.31. The zero-order chi connectivity index (χ0) is 26.6. The fraction of sp³-hybridized carbons (Fsp3) is 0.407. The van der Waals surface area contributed by atoms with Crippen molar-refractivity contribution >= 4 is 35.7 Å². The third-order valence-electron chi connectivity index (χ3n) is 5.88. The topological polar surface area (TPSA) is 117 Å². The largest absolute Gasteiger partial charge is 0.445 e. The Bertz CT molecular complexity index is 1050. The summed E-state index contributed by atoms with van der Waals surface area (Å²) in [4.78, 5) is 53.0. The minimum absolute atomic E-state index is 0.0647. The van der Waals surface area contributed by atoms with Gasteiger partial charge in [-0.1, -0.05) is 74.5 Å². The molecule has 37 heavy (non-hydrogen) atoms. The van der Waals surface area contributed by atoms with Gasteiger partial charge in [-0.3, -0.25) is 14.9 Å². The van der Waals surface area contributed by atoms with Crippen LogP contribution in [0.5, 0.6) is 0 Å². The predicted octanol–water partition coefficient (Wildman–Crippen LogP) is 2.95. The molecule has 2 aromatic carbocycles. The molecule has 0 aliphatic carbocycles. The molecule has 1 fully saturated rings. The van der Waals surface area contributed by atoms with Crippen molar-refractivity contribution in [3.63, 3.8) is 0 Å². The van der Waals surface area contributed by atoms with Crippen molar-refractivity contribution in [2.24, 2.45) is 5.92 Å². The molecule has 0 unspecified atom stereocenters. The van der Waals surface area contributed by atoms with Crippen molar-refractivity contribution in [2.45, 2.75) is 39.0 Å². The molecule has 10 heteroatoms. The molecule has 1 heterocycles. The summed E-state index contributed by atoms with van der Waals surface area (Å²) >= 11 is 1.76. The standard InChI is InChI=1S/C27H34N4O5S/c1-19(2)23(29-27(35)36-18-21-11-7-4-8-12-21)25(33)28-22(17-20-9-5-3-6-10-20)24(32)30-26(34)31-13-15-37-16-14-31/h3-12,19,22-23H,13-18H2,1-2H3,(H,28,33)(H,29,35)(H,30,32,34)/t22-,23-/m0/s1. The van der Waals surface area contributed by atoms with Gasteiger partial charge in [0.1, 0.15) is 18.7 Å². The first kappa shape index (κ1) is 28.0. The first-order valence-corrected chi connectivity index (χ1v) is 13.5. The highest BCUT2D eigenvalue weighted by Crippen LogP contribution is 2.11. The van der Waals surface area contributed by atoms with E-state index in [0.29, 0.717) is 13.1 Å². The lowest BCUT2D eigenvalue weighted by atomic mass is 10.0. The molecule has 1 aliphatic rings. The average molecular weight is 527 g/mol. The van der Waals surface area contributed by atoms with Crippen LogP contribution in [0, 0.1) is 5.92 Å². The first-order valence-electron chi connectivity index (χ1n) is 12.3. The number of rotatable bonds is 9. The summed E-state index contributed by atoms with van der Waals surface area (Å²) in [7, 11) is 0. The summed E-state index contributed by atoms with van der Waals surface area (Å²) in [5.41, 5.74) is 1.64. The van der Waals surface area contributed by atoms with E-state index in [2.05, 4.69) is 16.0 Å². The molecule has 0 aromatic heterocycles. The number of nitrogens with zero attached hydrogens (tertiary/aromatic N) is 1.